The van der Waals surface area contributed by atoms with Crippen molar-refractivity contribution in [1.29, 1.82) is 0 Å². The minimum Gasteiger partial charge on any atom is -0.497 e. The second-order valence-electron chi connectivity index (χ2n) is 6.99. The summed E-state index contributed by atoms with van der Waals surface area (Å²) in [6.45, 7) is 5.86. The molecule has 0 radical (unpaired) electrons. The molecule has 0 bridgehead atoms. The van der Waals surface area contributed by atoms with Crippen LogP contribution in [0.3, 0.4) is 0 Å². The van der Waals surface area contributed by atoms with Gasteiger partial charge in [0.25, 0.3) is 5.89 Å². The van der Waals surface area contributed by atoms with Crippen LogP contribution in [0.4, 0.5) is 9.18 Å². The number of benzene rings is 2. The number of rotatable bonds is 6. The molecule has 0 saturated carbocycles. The van der Waals surface area contributed by atoms with E-state index in [1.165, 1.54) is 12.1 Å². The Hall–Kier alpha value is -3.94. The van der Waals surface area contributed by atoms with Crippen LogP contribution in [0.1, 0.15) is 24.4 Å². The summed E-state index contributed by atoms with van der Waals surface area (Å²) >= 11 is 0. The smallest absolute Gasteiger partial charge is 0.322 e. The summed E-state index contributed by atoms with van der Waals surface area (Å²) in [5.74, 6) is 0.754. The van der Waals surface area contributed by atoms with Gasteiger partial charge in [0, 0.05) is 17.8 Å². The van der Waals surface area contributed by atoms with E-state index in [0.29, 0.717) is 29.1 Å². The lowest BCUT2D eigenvalue weighted by atomic mass is 9.94. The Morgan fingerprint density at radius 2 is 2.10 bits per heavy atom. The van der Waals surface area contributed by atoms with Gasteiger partial charge >= 0.3 is 6.03 Å². The highest BCUT2D eigenvalue weighted by Gasteiger charge is 2.35. The zero-order chi connectivity index (χ0) is 22.0. The maximum absolute atomic E-state index is 13.6. The maximum Gasteiger partial charge on any atom is 0.322 e. The SMILES string of the molecule is C=CCN1C(=O)NC(c2cccc(OC)c2)C(c2nc(-c3cccc(F)c3)no2)=C1C. The number of hydrogen-bond donors (Lipinski definition) is 1. The maximum atomic E-state index is 13.6. The topological polar surface area (TPSA) is 80.5 Å². The van der Waals surface area contributed by atoms with E-state index in [-0.39, 0.29) is 17.7 Å². The Kier molecular flexibility index (Phi) is 5.53. The molecule has 3 aromatic rings. The average Bonchev–Trinajstić information content (AvgIpc) is 3.26. The van der Waals surface area contributed by atoms with E-state index in [0.717, 1.165) is 5.56 Å². The van der Waals surface area contributed by atoms with Crippen LogP contribution in [0.2, 0.25) is 0 Å². The summed E-state index contributed by atoms with van der Waals surface area (Å²) < 4.78 is 24.5. The molecule has 1 aliphatic heterocycles. The fourth-order valence-corrected chi connectivity index (χ4v) is 3.56. The highest BCUT2D eigenvalue weighted by atomic mass is 19.1. The highest BCUT2D eigenvalue weighted by molar-refractivity contribution is 5.87. The van der Waals surface area contributed by atoms with Crippen molar-refractivity contribution in [3.05, 3.63) is 84.2 Å². The third kappa shape index (κ3) is 3.92. The molecule has 2 aromatic carbocycles. The summed E-state index contributed by atoms with van der Waals surface area (Å²) in [7, 11) is 1.58. The largest absolute Gasteiger partial charge is 0.497 e. The molecule has 4 rings (SSSR count). The van der Waals surface area contributed by atoms with Gasteiger partial charge in [0.2, 0.25) is 5.82 Å². The number of halogens is 1. The molecule has 0 aliphatic carbocycles. The number of ether oxygens (including phenoxy) is 1. The number of methoxy groups -OCH3 is 1. The predicted octanol–water partition coefficient (Wildman–Crippen LogP) is 4.57. The van der Waals surface area contributed by atoms with Gasteiger partial charge in [0.1, 0.15) is 11.6 Å². The van der Waals surface area contributed by atoms with Crippen molar-refractivity contribution in [2.75, 3.05) is 13.7 Å². The second kappa shape index (κ2) is 8.43. The van der Waals surface area contributed by atoms with Gasteiger partial charge in [-0.3, -0.25) is 4.90 Å². The standard InChI is InChI=1S/C23H21FN4O3/c1-4-11-28-14(2)19(20(25-23(28)29)15-7-6-10-18(13-15)30-3)22-26-21(27-31-22)16-8-5-9-17(24)12-16/h4-10,12-13,20H,1,11H2,2-3H3,(H,25,29). The van der Waals surface area contributed by atoms with Gasteiger partial charge in [-0.25, -0.2) is 9.18 Å². The first-order valence-electron chi connectivity index (χ1n) is 9.65. The van der Waals surface area contributed by atoms with Gasteiger partial charge in [0.15, 0.2) is 0 Å². The van der Waals surface area contributed by atoms with E-state index in [1.807, 2.05) is 31.2 Å². The highest BCUT2D eigenvalue weighted by Crippen LogP contribution is 2.38. The van der Waals surface area contributed by atoms with Crippen molar-refractivity contribution < 1.29 is 18.4 Å². The molecule has 1 atom stereocenters. The van der Waals surface area contributed by atoms with Crippen molar-refractivity contribution in [2.45, 2.75) is 13.0 Å². The van der Waals surface area contributed by atoms with Crippen LogP contribution in [0.15, 0.2) is 71.4 Å². The molecule has 7 nitrogen and oxygen atoms in total. The first-order chi connectivity index (χ1) is 15.0. The number of allylic oxidation sites excluding steroid dienone is 1. The Morgan fingerprint density at radius 3 is 2.84 bits per heavy atom. The lowest BCUT2D eigenvalue weighted by Crippen LogP contribution is -2.46. The normalized spacial score (nSPS) is 16.3. The number of carbonyl (C=O) groups is 1. The van der Waals surface area contributed by atoms with E-state index < -0.39 is 11.9 Å². The van der Waals surface area contributed by atoms with Crippen molar-refractivity contribution in [1.82, 2.24) is 20.4 Å². The van der Waals surface area contributed by atoms with E-state index in [9.17, 15) is 9.18 Å². The summed E-state index contributed by atoms with van der Waals surface area (Å²) in [6.07, 6.45) is 1.64. The summed E-state index contributed by atoms with van der Waals surface area (Å²) in [5, 5.41) is 7.02. The average molecular weight is 420 g/mol. The molecule has 31 heavy (non-hydrogen) atoms. The first kappa shape index (κ1) is 20.3. The summed E-state index contributed by atoms with van der Waals surface area (Å²) in [5.41, 5.74) is 2.59. The fraction of sp³-hybridized carbons (Fsp3) is 0.174. The van der Waals surface area contributed by atoms with Crippen molar-refractivity contribution in [3.8, 4) is 17.1 Å². The monoisotopic (exact) mass is 420 g/mol. The molecule has 1 aliphatic rings. The number of hydrogen-bond acceptors (Lipinski definition) is 5. The number of carbonyl (C=O) groups excluding carboxylic acids is 1. The second-order valence-corrected chi connectivity index (χ2v) is 6.99. The quantitative estimate of drug-likeness (QED) is 0.591. The van der Waals surface area contributed by atoms with Crippen LogP contribution in [0, 0.1) is 5.82 Å². The lowest BCUT2D eigenvalue weighted by Gasteiger charge is -2.34. The van der Waals surface area contributed by atoms with Crippen LogP contribution in [0.5, 0.6) is 5.75 Å². The molecular formula is C23H21FN4O3. The number of amides is 2. The summed E-state index contributed by atoms with van der Waals surface area (Å²) in [6, 6.07) is 12.5. The van der Waals surface area contributed by atoms with Crippen LogP contribution < -0.4 is 10.1 Å². The van der Waals surface area contributed by atoms with E-state index in [4.69, 9.17) is 9.26 Å². The van der Waals surface area contributed by atoms with Crippen LogP contribution in [0.25, 0.3) is 17.0 Å². The van der Waals surface area contributed by atoms with E-state index in [1.54, 1.807) is 30.2 Å². The van der Waals surface area contributed by atoms with E-state index in [2.05, 4.69) is 22.0 Å². The fourth-order valence-electron chi connectivity index (χ4n) is 3.56. The Labute approximate surface area is 178 Å². The first-order valence-corrected chi connectivity index (χ1v) is 9.65. The van der Waals surface area contributed by atoms with Gasteiger partial charge < -0.3 is 14.6 Å². The molecule has 0 saturated heterocycles. The minimum atomic E-state index is -0.538. The zero-order valence-electron chi connectivity index (χ0n) is 17.1. The Bertz CT molecular complexity index is 1170. The van der Waals surface area contributed by atoms with Crippen LogP contribution in [-0.4, -0.2) is 34.7 Å². The van der Waals surface area contributed by atoms with Crippen molar-refractivity contribution in [3.63, 3.8) is 0 Å². The van der Waals surface area contributed by atoms with Gasteiger partial charge in [0.05, 0.1) is 18.7 Å². The molecular weight excluding hydrogens is 399 g/mol. The molecule has 2 amide bonds. The minimum absolute atomic E-state index is 0.235. The number of urea groups is 1. The molecule has 1 N–H and O–H groups in total. The van der Waals surface area contributed by atoms with Gasteiger partial charge in [-0.05, 0) is 36.8 Å². The third-order valence-corrected chi connectivity index (χ3v) is 5.07. The van der Waals surface area contributed by atoms with Gasteiger partial charge in [-0.2, -0.15) is 4.98 Å². The molecule has 158 valence electrons. The molecule has 2 heterocycles. The lowest BCUT2D eigenvalue weighted by molar-refractivity contribution is 0.209. The number of nitrogens with one attached hydrogen (secondary N) is 1. The summed E-state index contributed by atoms with van der Waals surface area (Å²) in [4.78, 5) is 18.8. The number of nitrogens with zero attached hydrogens (tertiary/aromatic N) is 3. The van der Waals surface area contributed by atoms with Gasteiger partial charge in [-0.1, -0.05) is 35.5 Å². The van der Waals surface area contributed by atoms with Gasteiger partial charge in [-0.15, -0.1) is 6.58 Å². The van der Waals surface area contributed by atoms with Crippen molar-refractivity contribution >= 4 is 11.6 Å². The Balaban J connectivity index is 1.83. The van der Waals surface area contributed by atoms with Crippen LogP contribution >= 0.6 is 0 Å². The Morgan fingerprint density at radius 1 is 1.29 bits per heavy atom. The van der Waals surface area contributed by atoms with Crippen LogP contribution in [-0.2, 0) is 0 Å². The number of aromatic nitrogens is 2. The zero-order valence-corrected chi connectivity index (χ0v) is 17.1. The predicted molar refractivity (Wildman–Crippen MR) is 113 cm³/mol. The third-order valence-electron chi connectivity index (χ3n) is 5.07. The molecule has 0 fully saturated rings. The molecule has 8 heteroatoms. The van der Waals surface area contributed by atoms with E-state index >= 15 is 0 Å². The molecule has 0 spiro atoms. The molecule has 1 aromatic heterocycles. The van der Waals surface area contributed by atoms with Crippen molar-refractivity contribution in [2.24, 2.45) is 0 Å². The molecule has 1 unspecified atom stereocenters.